The summed E-state index contributed by atoms with van der Waals surface area (Å²) in [4.78, 5) is 0. The molecule has 0 atom stereocenters. The van der Waals surface area contributed by atoms with Crippen LogP contribution in [0.3, 0.4) is 0 Å². The molecule has 0 fully saturated rings. The van der Waals surface area contributed by atoms with E-state index in [0.717, 1.165) is 45.3 Å². The van der Waals surface area contributed by atoms with Crippen LogP contribution in [0.2, 0.25) is 0 Å². The van der Waals surface area contributed by atoms with Gasteiger partial charge in [0.05, 0.1) is 11.0 Å². The van der Waals surface area contributed by atoms with Gasteiger partial charge in [0.25, 0.3) is 6.71 Å². The van der Waals surface area contributed by atoms with Crippen molar-refractivity contribution in [1.29, 1.82) is 0 Å². The molecule has 3 nitrogen and oxygen atoms in total. The third-order valence-electron chi connectivity index (χ3n) is 8.35. The zero-order valence-electron chi connectivity index (χ0n) is 21.5. The first-order valence-corrected chi connectivity index (χ1v) is 13.6. The lowest BCUT2D eigenvalue weighted by atomic mass is 9.34. The molecule has 40 heavy (non-hydrogen) atoms. The van der Waals surface area contributed by atoms with Gasteiger partial charge in [-0.15, -0.1) is 0 Å². The number of hydrogen-bond donors (Lipinski definition) is 0. The van der Waals surface area contributed by atoms with E-state index in [1.165, 1.54) is 32.7 Å². The van der Waals surface area contributed by atoms with Gasteiger partial charge in [0, 0.05) is 27.5 Å². The molecule has 0 N–H and O–H groups in total. The fourth-order valence-corrected chi connectivity index (χ4v) is 6.60. The zero-order chi connectivity index (χ0) is 26.2. The Bertz CT molecular complexity index is 2060. The molecule has 9 rings (SSSR count). The molecule has 0 amide bonds. The largest absolute Gasteiger partial charge is 0.458 e. The number of fused-ring (bicyclic) bond motifs is 7. The molecular weight excluding hydrogens is 489 g/mol. The Morgan fingerprint density at radius 2 is 1.05 bits per heavy atom. The van der Waals surface area contributed by atoms with Crippen LogP contribution in [0.4, 0.5) is 0 Å². The van der Waals surface area contributed by atoms with Crippen molar-refractivity contribution in [3.8, 4) is 39.8 Å². The lowest BCUT2D eigenvalue weighted by molar-refractivity contribution is 0.465. The molecule has 6 aromatic carbocycles. The average Bonchev–Trinajstić information content (AvgIpc) is 3.35. The molecule has 3 heterocycles. The molecular formula is C36H22BNO2. The maximum absolute atomic E-state index is 6.66. The van der Waals surface area contributed by atoms with E-state index in [1.807, 2.05) is 12.1 Å². The van der Waals surface area contributed by atoms with Crippen LogP contribution in [0.1, 0.15) is 0 Å². The molecule has 4 heteroatoms. The maximum Gasteiger partial charge on any atom is 0.260 e. The van der Waals surface area contributed by atoms with Gasteiger partial charge in [0.15, 0.2) is 0 Å². The summed E-state index contributed by atoms with van der Waals surface area (Å²) in [6, 6.07) is 47.0. The third kappa shape index (κ3) is 2.96. The highest BCUT2D eigenvalue weighted by Crippen LogP contribution is 2.41. The number of benzene rings is 6. The summed E-state index contributed by atoms with van der Waals surface area (Å²) in [7, 11) is 0. The number of ether oxygens (including phenoxy) is 2. The summed E-state index contributed by atoms with van der Waals surface area (Å²) >= 11 is 0. The monoisotopic (exact) mass is 511 g/mol. The predicted molar refractivity (Wildman–Crippen MR) is 164 cm³/mol. The van der Waals surface area contributed by atoms with Gasteiger partial charge in [0.1, 0.15) is 23.0 Å². The first kappa shape index (κ1) is 21.7. The standard InChI is InChI=1S/C36H22BNO2/c1-5-13-30-26(9-1)27-10-2-6-14-31(27)38(30)24-19-17-23(18-20-24)25-21-22-34-35-36(25)40-33-16-8-4-12-29(33)37(35)28-11-3-7-15-32(28)39-34/h1-22H. The maximum atomic E-state index is 6.66. The lowest BCUT2D eigenvalue weighted by Crippen LogP contribution is -2.57. The van der Waals surface area contributed by atoms with Crippen LogP contribution in [0.5, 0.6) is 23.0 Å². The Labute approximate surface area is 231 Å². The van der Waals surface area contributed by atoms with Crippen molar-refractivity contribution in [3.05, 3.63) is 133 Å². The summed E-state index contributed by atoms with van der Waals surface area (Å²) in [5, 5.41) is 2.53. The lowest BCUT2D eigenvalue weighted by Gasteiger charge is -2.33. The van der Waals surface area contributed by atoms with Gasteiger partial charge >= 0.3 is 0 Å². The Morgan fingerprint density at radius 1 is 0.475 bits per heavy atom. The number of nitrogens with zero attached hydrogens (tertiary/aromatic N) is 1. The van der Waals surface area contributed by atoms with Crippen LogP contribution in [0.25, 0.3) is 38.6 Å². The van der Waals surface area contributed by atoms with Gasteiger partial charge in [0.2, 0.25) is 0 Å². The summed E-state index contributed by atoms with van der Waals surface area (Å²) in [6.45, 7) is 0.0664. The van der Waals surface area contributed by atoms with Crippen molar-refractivity contribution in [2.24, 2.45) is 0 Å². The van der Waals surface area contributed by atoms with Gasteiger partial charge in [-0.3, -0.25) is 0 Å². The van der Waals surface area contributed by atoms with Gasteiger partial charge in [-0.05, 0) is 65.0 Å². The zero-order valence-corrected chi connectivity index (χ0v) is 21.5. The Morgan fingerprint density at radius 3 is 1.73 bits per heavy atom. The molecule has 0 unspecified atom stereocenters. The first-order valence-electron chi connectivity index (χ1n) is 13.6. The molecule has 0 spiro atoms. The van der Waals surface area contributed by atoms with Crippen molar-refractivity contribution in [3.63, 3.8) is 0 Å². The minimum atomic E-state index is 0.0664. The second kappa shape index (κ2) is 8.14. The van der Waals surface area contributed by atoms with Crippen LogP contribution in [-0.2, 0) is 0 Å². The highest BCUT2D eigenvalue weighted by atomic mass is 16.5. The normalized spacial score (nSPS) is 12.8. The fourth-order valence-electron chi connectivity index (χ4n) is 6.60. The Balaban J connectivity index is 1.21. The molecule has 0 bridgehead atoms. The average molecular weight is 511 g/mol. The number of para-hydroxylation sites is 4. The van der Waals surface area contributed by atoms with E-state index in [-0.39, 0.29) is 6.71 Å². The van der Waals surface area contributed by atoms with Crippen LogP contribution in [0, 0.1) is 0 Å². The summed E-state index contributed by atoms with van der Waals surface area (Å²) in [6.07, 6.45) is 0. The van der Waals surface area contributed by atoms with Crippen molar-refractivity contribution in [2.75, 3.05) is 0 Å². The van der Waals surface area contributed by atoms with Crippen molar-refractivity contribution < 1.29 is 9.47 Å². The number of rotatable bonds is 2. The highest BCUT2D eigenvalue weighted by molar-refractivity contribution is 6.98. The van der Waals surface area contributed by atoms with Crippen LogP contribution in [-0.4, -0.2) is 11.3 Å². The minimum Gasteiger partial charge on any atom is -0.458 e. The van der Waals surface area contributed by atoms with E-state index in [4.69, 9.17) is 9.47 Å². The molecule has 7 aromatic rings. The van der Waals surface area contributed by atoms with E-state index in [9.17, 15) is 0 Å². The van der Waals surface area contributed by atoms with Crippen LogP contribution >= 0.6 is 0 Å². The number of aromatic nitrogens is 1. The number of hydrogen-bond acceptors (Lipinski definition) is 2. The second-order valence-corrected chi connectivity index (χ2v) is 10.5. The summed E-state index contributed by atoms with van der Waals surface area (Å²) < 4.78 is 15.4. The van der Waals surface area contributed by atoms with Crippen molar-refractivity contribution >= 4 is 44.9 Å². The van der Waals surface area contributed by atoms with Gasteiger partial charge < -0.3 is 14.0 Å². The van der Waals surface area contributed by atoms with Crippen molar-refractivity contribution in [2.45, 2.75) is 0 Å². The topological polar surface area (TPSA) is 23.4 Å². The predicted octanol–water partition coefficient (Wildman–Crippen LogP) is 7.18. The van der Waals surface area contributed by atoms with Crippen LogP contribution < -0.4 is 25.9 Å². The molecule has 2 aliphatic rings. The molecule has 2 aliphatic heterocycles. The molecule has 0 radical (unpaired) electrons. The highest BCUT2D eigenvalue weighted by Gasteiger charge is 2.40. The van der Waals surface area contributed by atoms with Crippen LogP contribution in [0.15, 0.2) is 133 Å². The van der Waals surface area contributed by atoms with Crippen molar-refractivity contribution in [1.82, 2.24) is 4.57 Å². The molecule has 1 aromatic heterocycles. The fraction of sp³-hybridized carbons (Fsp3) is 0. The minimum absolute atomic E-state index is 0.0664. The molecule has 0 saturated carbocycles. The summed E-state index contributed by atoms with van der Waals surface area (Å²) in [5.74, 6) is 3.54. The van der Waals surface area contributed by atoms with Gasteiger partial charge in [-0.1, -0.05) is 84.9 Å². The quantitative estimate of drug-likeness (QED) is 0.230. The van der Waals surface area contributed by atoms with E-state index >= 15 is 0 Å². The summed E-state index contributed by atoms with van der Waals surface area (Å²) in [5.41, 5.74) is 9.17. The van der Waals surface area contributed by atoms with E-state index in [0.29, 0.717) is 0 Å². The van der Waals surface area contributed by atoms with Gasteiger partial charge in [-0.25, -0.2) is 0 Å². The first-order chi connectivity index (χ1) is 19.8. The smallest absolute Gasteiger partial charge is 0.260 e. The van der Waals surface area contributed by atoms with E-state index in [2.05, 4.69) is 126 Å². The molecule has 0 aliphatic carbocycles. The van der Waals surface area contributed by atoms with E-state index < -0.39 is 0 Å². The molecule has 186 valence electrons. The Kier molecular flexibility index (Phi) is 4.41. The molecule has 0 saturated heterocycles. The third-order valence-corrected chi connectivity index (χ3v) is 8.35. The Hall–Kier alpha value is -5.22. The van der Waals surface area contributed by atoms with Gasteiger partial charge in [-0.2, -0.15) is 0 Å². The SMILES string of the molecule is c1ccc2c(c1)Oc1ccc(-c3ccc(-n4c5ccccc5c5ccccc54)cc3)c3c1B2c1ccccc1O3. The second-order valence-electron chi connectivity index (χ2n) is 10.5. The van der Waals surface area contributed by atoms with E-state index in [1.54, 1.807) is 0 Å².